The van der Waals surface area contributed by atoms with Crippen LogP contribution in [0.5, 0.6) is 11.5 Å². The van der Waals surface area contributed by atoms with E-state index < -0.39 is 12.0 Å². The maximum atomic E-state index is 14.3. The number of esters is 1. The van der Waals surface area contributed by atoms with E-state index in [-0.39, 0.29) is 29.7 Å². The molecule has 0 N–H and O–H groups in total. The molecule has 44 heavy (non-hydrogen) atoms. The van der Waals surface area contributed by atoms with Crippen LogP contribution in [0.25, 0.3) is 6.08 Å². The smallest absolute Gasteiger partial charge is 0.338 e. The second-order valence-electron chi connectivity index (χ2n) is 10.1. The van der Waals surface area contributed by atoms with Gasteiger partial charge in [0.2, 0.25) is 0 Å². The van der Waals surface area contributed by atoms with Gasteiger partial charge in [0.15, 0.2) is 4.80 Å². The molecule has 0 amide bonds. The zero-order valence-corrected chi connectivity index (χ0v) is 30.7. The maximum absolute atomic E-state index is 14.3. The summed E-state index contributed by atoms with van der Waals surface area (Å²) in [6, 6.07) is 14.9. The van der Waals surface area contributed by atoms with Crippen molar-refractivity contribution in [1.82, 2.24) is 4.57 Å². The molecule has 0 fully saturated rings. The van der Waals surface area contributed by atoms with Crippen LogP contribution in [0, 0.1) is 13.0 Å². The normalized spacial score (nSPS) is 14.8. The number of carbonyl (C=O) groups excluding carboxylic acids is 1. The lowest BCUT2D eigenvalue weighted by atomic mass is 9.95. The lowest BCUT2D eigenvalue weighted by Gasteiger charge is -2.26. The second kappa shape index (κ2) is 13.8. The number of methoxy groups -OCH3 is 1. The average Bonchev–Trinajstić information content (AvgIpc) is 3.26. The Morgan fingerprint density at radius 2 is 1.93 bits per heavy atom. The van der Waals surface area contributed by atoms with Crippen molar-refractivity contribution in [3.63, 3.8) is 0 Å². The maximum Gasteiger partial charge on any atom is 0.338 e. The van der Waals surface area contributed by atoms with Crippen molar-refractivity contribution in [2.75, 3.05) is 7.11 Å². The molecule has 0 saturated carbocycles. The minimum atomic E-state index is -0.847. The summed E-state index contributed by atoms with van der Waals surface area (Å²) in [7, 11) is 1.54. The summed E-state index contributed by atoms with van der Waals surface area (Å²) < 4.78 is 36.2. The Hall–Kier alpha value is -2.56. The summed E-state index contributed by atoms with van der Waals surface area (Å²) in [6.07, 6.45) is 1.38. The lowest BCUT2D eigenvalue weighted by Crippen LogP contribution is -2.40. The first-order chi connectivity index (χ1) is 21.0. The first-order valence-corrected chi connectivity index (χ1v) is 17.2. The molecular weight excluding hydrogens is 877 g/mol. The first-order valence-electron chi connectivity index (χ1n) is 13.4. The number of allylic oxidation sites excluding steroid dienone is 1. The molecule has 0 aliphatic carbocycles. The predicted molar refractivity (Wildman–Crippen MR) is 188 cm³/mol. The molecule has 0 bridgehead atoms. The quantitative estimate of drug-likeness (QED) is 0.142. The Bertz CT molecular complexity index is 1990. The zero-order chi connectivity index (χ0) is 31.7. The van der Waals surface area contributed by atoms with E-state index in [1.165, 1.54) is 22.0 Å². The van der Waals surface area contributed by atoms with E-state index in [1.54, 1.807) is 58.2 Å². The van der Waals surface area contributed by atoms with Crippen molar-refractivity contribution in [2.24, 2.45) is 4.99 Å². The summed E-state index contributed by atoms with van der Waals surface area (Å²) in [4.78, 5) is 32.8. The average molecular weight is 903 g/mol. The van der Waals surface area contributed by atoms with Crippen molar-refractivity contribution >= 4 is 84.5 Å². The van der Waals surface area contributed by atoms with Crippen LogP contribution in [0.2, 0.25) is 0 Å². The van der Waals surface area contributed by atoms with Gasteiger partial charge >= 0.3 is 5.97 Å². The van der Waals surface area contributed by atoms with Gasteiger partial charge in [-0.25, -0.2) is 14.2 Å². The highest BCUT2D eigenvalue weighted by Gasteiger charge is 2.35. The molecule has 1 aliphatic rings. The molecule has 0 unspecified atom stereocenters. The summed E-state index contributed by atoms with van der Waals surface area (Å²) in [5.41, 5.74) is 2.07. The largest absolute Gasteiger partial charge is 0.496 e. The molecular formula is C32H26BrFI2N2O5S. The Balaban J connectivity index is 1.69. The molecule has 0 spiro atoms. The van der Waals surface area contributed by atoms with E-state index in [0.717, 1.165) is 11.6 Å². The molecule has 4 aromatic rings. The standard InChI is InChI=1S/C32H26BrFI2N2O5S/c1-16(2)43-31(40)27-17(3)37-32-38(28(27)22-13-20(33)9-10-25(22)41-4)30(39)26(44-32)12-19-11-21(35)14-24(36)29(19)42-15-18-7-5-6-8-23(18)34/h5-14,16,28H,15H2,1-4H3/b26-12-/t28-/m0/s1. The number of rotatable bonds is 8. The van der Waals surface area contributed by atoms with Crippen LogP contribution in [-0.4, -0.2) is 23.8 Å². The van der Waals surface area contributed by atoms with E-state index in [1.807, 2.05) is 24.3 Å². The fourth-order valence-electron chi connectivity index (χ4n) is 4.82. The summed E-state index contributed by atoms with van der Waals surface area (Å²) >= 11 is 9.13. The topological polar surface area (TPSA) is 79.1 Å². The number of benzene rings is 3. The summed E-state index contributed by atoms with van der Waals surface area (Å²) in [5.74, 6) is 0.127. The van der Waals surface area contributed by atoms with E-state index in [0.29, 0.717) is 43.2 Å². The molecule has 12 heteroatoms. The Labute approximate surface area is 292 Å². The van der Waals surface area contributed by atoms with Gasteiger partial charge < -0.3 is 14.2 Å². The molecule has 1 aromatic heterocycles. The van der Waals surface area contributed by atoms with E-state index in [4.69, 9.17) is 14.2 Å². The van der Waals surface area contributed by atoms with Crippen LogP contribution >= 0.6 is 72.4 Å². The van der Waals surface area contributed by atoms with Crippen LogP contribution < -0.4 is 24.4 Å². The highest BCUT2D eigenvalue weighted by molar-refractivity contribution is 14.1. The van der Waals surface area contributed by atoms with Gasteiger partial charge in [-0.1, -0.05) is 45.5 Å². The zero-order valence-electron chi connectivity index (χ0n) is 24.0. The van der Waals surface area contributed by atoms with Crippen molar-refractivity contribution in [1.29, 1.82) is 0 Å². The number of carbonyl (C=O) groups is 1. The predicted octanol–water partition coefficient (Wildman–Crippen LogP) is 6.89. The Kier molecular flexibility index (Phi) is 10.3. The number of hydrogen-bond donors (Lipinski definition) is 0. The van der Waals surface area contributed by atoms with Crippen LogP contribution in [0.1, 0.15) is 43.5 Å². The number of ether oxygens (including phenoxy) is 3. The molecule has 3 aromatic carbocycles. The van der Waals surface area contributed by atoms with Gasteiger partial charge in [-0.05, 0) is 108 Å². The molecule has 228 valence electrons. The van der Waals surface area contributed by atoms with Gasteiger partial charge in [-0.15, -0.1) is 0 Å². The third kappa shape index (κ3) is 6.82. The summed E-state index contributed by atoms with van der Waals surface area (Å²) in [6.45, 7) is 5.30. The van der Waals surface area contributed by atoms with Crippen molar-refractivity contribution in [2.45, 2.75) is 39.5 Å². The fourth-order valence-corrected chi connectivity index (χ4v) is 8.28. The molecule has 1 atom stereocenters. The van der Waals surface area contributed by atoms with Crippen molar-refractivity contribution in [3.8, 4) is 11.5 Å². The van der Waals surface area contributed by atoms with Crippen LogP contribution in [-0.2, 0) is 16.1 Å². The molecule has 1 aliphatic heterocycles. The molecule has 7 nitrogen and oxygen atoms in total. The van der Waals surface area contributed by atoms with Gasteiger partial charge in [0, 0.05) is 24.7 Å². The minimum Gasteiger partial charge on any atom is -0.496 e. The van der Waals surface area contributed by atoms with Gasteiger partial charge in [0.25, 0.3) is 5.56 Å². The number of nitrogens with zero attached hydrogens (tertiary/aromatic N) is 2. The second-order valence-corrected chi connectivity index (χ2v) is 14.4. The highest BCUT2D eigenvalue weighted by Crippen LogP contribution is 2.37. The molecule has 0 saturated heterocycles. The van der Waals surface area contributed by atoms with E-state index in [9.17, 15) is 14.0 Å². The Morgan fingerprint density at radius 1 is 1.18 bits per heavy atom. The number of aromatic nitrogens is 1. The first kappa shape index (κ1) is 32.8. The van der Waals surface area contributed by atoms with Crippen LogP contribution in [0.15, 0.2) is 80.1 Å². The molecule has 2 heterocycles. The number of fused-ring (bicyclic) bond motifs is 1. The number of hydrogen-bond acceptors (Lipinski definition) is 7. The van der Waals surface area contributed by atoms with Crippen LogP contribution in [0.3, 0.4) is 0 Å². The van der Waals surface area contributed by atoms with Crippen molar-refractivity contribution < 1.29 is 23.4 Å². The molecule has 0 radical (unpaired) electrons. The summed E-state index contributed by atoms with van der Waals surface area (Å²) in [5, 5.41) is 0. The number of halogens is 4. The Morgan fingerprint density at radius 3 is 2.64 bits per heavy atom. The third-order valence-corrected chi connectivity index (χ3v) is 9.62. The van der Waals surface area contributed by atoms with Crippen molar-refractivity contribution in [3.05, 3.63) is 120 Å². The van der Waals surface area contributed by atoms with Gasteiger partial charge in [0.1, 0.15) is 30.0 Å². The highest BCUT2D eigenvalue weighted by atomic mass is 127. The lowest BCUT2D eigenvalue weighted by molar-refractivity contribution is -0.143. The third-order valence-electron chi connectivity index (χ3n) is 6.72. The van der Waals surface area contributed by atoms with E-state index in [2.05, 4.69) is 66.1 Å². The SMILES string of the molecule is COc1ccc(Br)cc1[C@H]1C(C(=O)OC(C)C)=C(C)N=c2s/c(=C\c3cc(I)cc(I)c3OCc3ccccc3F)c(=O)n21. The molecule has 5 rings (SSSR count). The van der Waals surface area contributed by atoms with Gasteiger partial charge in [0.05, 0.1) is 32.6 Å². The van der Waals surface area contributed by atoms with Crippen LogP contribution in [0.4, 0.5) is 4.39 Å². The minimum absolute atomic E-state index is 0.0224. The fraction of sp³-hybridized carbons (Fsp3) is 0.219. The monoisotopic (exact) mass is 902 g/mol. The van der Waals surface area contributed by atoms with Gasteiger partial charge in [-0.2, -0.15) is 0 Å². The van der Waals surface area contributed by atoms with Gasteiger partial charge in [-0.3, -0.25) is 9.36 Å². The number of thiazole rings is 1. The van der Waals surface area contributed by atoms with E-state index >= 15 is 0 Å².